The van der Waals surface area contributed by atoms with Gasteiger partial charge in [-0.25, -0.2) is 4.79 Å². The molecule has 4 atom stereocenters. The van der Waals surface area contributed by atoms with Gasteiger partial charge in [0.25, 0.3) is 0 Å². The average Bonchev–Trinajstić information content (AvgIpc) is 2.78. The lowest BCUT2D eigenvalue weighted by atomic mass is 10.0. The first-order chi connectivity index (χ1) is 16.0. The molecule has 34 heavy (non-hydrogen) atoms. The van der Waals surface area contributed by atoms with Crippen molar-refractivity contribution in [1.29, 1.82) is 0 Å². The number of nitrogens with one attached hydrogen (secondary N) is 3. The van der Waals surface area contributed by atoms with Crippen LogP contribution in [0.25, 0.3) is 0 Å². The van der Waals surface area contributed by atoms with Gasteiger partial charge in [-0.3, -0.25) is 19.2 Å². The van der Waals surface area contributed by atoms with Crippen LogP contribution in [0.4, 0.5) is 0 Å². The number of carbonyl (C=O) groups excluding carboxylic acids is 4. The van der Waals surface area contributed by atoms with E-state index < -0.39 is 53.8 Å². The van der Waals surface area contributed by atoms with Crippen molar-refractivity contribution in [3.05, 3.63) is 35.9 Å². The molecule has 0 heterocycles. The number of carbonyl (C=O) groups is 5. The van der Waals surface area contributed by atoms with Crippen LogP contribution in [0.1, 0.15) is 31.7 Å². The number of primary amides is 1. The minimum atomic E-state index is -1.18. The lowest BCUT2D eigenvalue weighted by molar-refractivity contribution is -0.142. The monoisotopic (exact) mass is 495 g/mol. The van der Waals surface area contributed by atoms with Gasteiger partial charge in [0, 0.05) is 12.8 Å². The molecule has 1 aromatic rings. The number of carboxylic acid groups (broad SMARTS) is 1. The highest BCUT2D eigenvalue weighted by Gasteiger charge is 2.30. The Kier molecular flexibility index (Phi) is 12.7. The molecule has 1 rings (SSSR count). The molecule has 8 N–H and O–H groups in total. The lowest BCUT2D eigenvalue weighted by Gasteiger charge is -2.25. The SMILES string of the molecule is CSCCC(NC(=O)C(Cc1ccccc1)NC(=O)C(CCC(N)=O)NC(=O)C(C)N)C(=O)O. The van der Waals surface area contributed by atoms with E-state index in [1.54, 1.807) is 30.3 Å². The number of carboxylic acids is 1. The van der Waals surface area contributed by atoms with Crippen LogP contribution in [0, 0.1) is 0 Å². The first kappa shape index (κ1) is 28.9. The molecule has 4 unspecified atom stereocenters. The summed E-state index contributed by atoms with van der Waals surface area (Å²) < 4.78 is 0. The zero-order chi connectivity index (χ0) is 25.7. The predicted molar refractivity (Wildman–Crippen MR) is 129 cm³/mol. The molecular weight excluding hydrogens is 462 g/mol. The first-order valence-electron chi connectivity index (χ1n) is 10.8. The number of nitrogens with two attached hydrogens (primary N) is 2. The summed E-state index contributed by atoms with van der Waals surface area (Å²) in [6, 6.07) is 4.53. The normalized spacial score (nSPS) is 14.2. The summed E-state index contributed by atoms with van der Waals surface area (Å²) in [4.78, 5) is 60.8. The van der Waals surface area contributed by atoms with Gasteiger partial charge in [0.2, 0.25) is 23.6 Å². The fourth-order valence-corrected chi connectivity index (χ4v) is 3.43. The van der Waals surface area contributed by atoms with E-state index in [1.807, 2.05) is 6.26 Å². The van der Waals surface area contributed by atoms with Gasteiger partial charge in [-0.15, -0.1) is 0 Å². The third kappa shape index (κ3) is 10.7. The Morgan fingerprint density at radius 3 is 2.00 bits per heavy atom. The number of hydrogen-bond acceptors (Lipinski definition) is 7. The second kappa shape index (κ2) is 14.9. The van der Waals surface area contributed by atoms with Gasteiger partial charge >= 0.3 is 5.97 Å². The van der Waals surface area contributed by atoms with E-state index >= 15 is 0 Å². The Labute approximate surface area is 202 Å². The number of rotatable bonds is 15. The molecule has 11 nitrogen and oxygen atoms in total. The summed E-state index contributed by atoms with van der Waals surface area (Å²) in [6.45, 7) is 1.44. The van der Waals surface area contributed by atoms with Crippen molar-refractivity contribution < 1.29 is 29.1 Å². The van der Waals surface area contributed by atoms with Crippen LogP contribution in [-0.4, -0.2) is 70.9 Å². The molecule has 188 valence electrons. The van der Waals surface area contributed by atoms with E-state index in [2.05, 4.69) is 16.0 Å². The van der Waals surface area contributed by atoms with Gasteiger partial charge < -0.3 is 32.5 Å². The van der Waals surface area contributed by atoms with Gasteiger partial charge in [-0.1, -0.05) is 30.3 Å². The van der Waals surface area contributed by atoms with Gasteiger partial charge in [-0.05, 0) is 37.3 Å². The molecule has 0 bridgehead atoms. The lowest BCUT2D eigenvalue weighted by Crippen LogP contribution is -2.57. The molecule has 12 heteroatoms. The maximum atomic E-state index is 13.0. The van der Waals surface area contributed by atoms with Crippen molar-refractivity contribution in [3.8, 4) is 0 Å². The largest absolute Gasteiger partial charge is 0.480 e. The maximum Gasteiger partial charge on any atom is 0.326 e. The van der Waals surface area contributed by atoms with Crippen molar-refractivity contribution in [1.82, 2.24) is 16.0 Å². The summed E-state index contributed by atoms with van der Waals surface area (Å²) in [5.74, 6) is -3.34. The second-order valence-corrected chi connectivity index (χ2v) is 8.77. The van der Waals surface area contributed by atoms with Crippen LogP contribution in [-0.2, 0) is 30.4 Å². The van der Waals surface area contributed by atoms with Gasteiger partial charge in [-0.2, -0.15) is 11.8 Å². The van der Waals surface area contributed by atoms with E-state index in [9.17, 15) is 29.1 Å². The average molecular weight is 496 g/mol. The van der Waals surface area contributed by atoms with Crippen LogP contribution in [0.3, 0.4) is 0 Å². The zero-order valence-electron chi connectivity index (χ0n) is 19.3. The molecule has 0 aromatic heterocycles. The third-order valence-electron chi connectivity index (χ3n) is 4.87. The molecule has 0 aliphatic heterocycles. The van der Waals surface area contributed by atoms with Crippen LogP contribution in [0.2, 0.25) is 0 Å². The van der Waals surface area contributed by atoms with Crippen molar-refractivity contribution in [2.24, 2.45) is 11.5 Å². The van der Waals surface area contributed by atoms with Crippen molar-refractivity contribution in [3.63, 3.8) is 0 Å². The van der Waals surface area contributed by atoms with Gasteiger partial charge in [0.05, 0.1) is 6.04 Å². The summed E-state index contributed by atoms with van der Waals surface area (Å²) >= 11 is 1.44. The topological polar surface area (TPSA) is 194 Å². The van der Waals surface area contributed by atoms with Crippen LogP contribution in [0.5, 0.6) is 0 Å². The smallest absolute Gasteiger partial charge is 0.326 e. The Morgan fingerprint density at radius 2 is 1.47 bits per heavy atom. The zero-order valence-corrected chi connectivity index (χ0v) is 20.1. The number of aliphatic carboxylic acids is 1. The molecule has 0 radical (unpaired) electrons. The highest BCUT2D eigenvalue weighted by Crippen LogP contribution is 2.08. The van der Waals surface area contributed by atoms with Crippen molar-refractivity contribution in [2.45, 2.75) is 56.8 Å². The minimum absolute atomic E-state index is 0.0804. The first-order valence-corrected chi connectivity index (χ1v) is 12.1. The highest BCUT2D eigenvalue weighted by molar-refractivity contribution is 7.98. The fourth-order valence-electron chi connectivity index (χ4n) is 2.96. The van der Waals surface area contributed by atoms with Crippen molar-refractivity contribution >= 4 is 41.4 Å². The van der Waals surface area contributed by atoms with E-state index in [4.69, 9.17) is 11.5 Å². The third-order valence-corrected chi connectivity index (χ3v) is 5.51. The molecule has 1 aromatic carbocycles. The fraction of sp³-hybridized carbons (Fsp3) is 0.500. The number of thioether (sulfide) groups is 1. The molecule has 0 fully saturated rings. The van der Waals surface area contributed by atoms with Crippen LogP contribution in [0.15, 0.2) is 30.3 Å². The standard InChI is InChI=1S/C22H33N5O6S/c1-13(23)19(29)25-15(8-9-18(24)28)20(30)27-17(12-14-6-4-3-5-7-14)21(31)26-16(22(32)33)10-11-34-2/h3-7,13,15-17H,8-12,23H2,1-2H3,(H2,24,28)(H,25,29)(H,26,31)(H,27,30)(H,32,33). The number of amides is 4. The Balaban J connectivity index is 3.09. The molecule has 0 aliphatic carbocycles. The summed E-state index contributed by atoms with van der Waals surface area (Å²) in [5.41, 5.74) is 11.5. The molecule has 0 aliphatic rings. The Bertz CT molecular complexity index is 851. The van der Waals surface area contributed by atoms with Gasteiger partial charge in [0.15, 0.2) is 0 Å². The van der Waals surface area contributed by atoms with E-state index in [-0.39, 0.29) is 25.7 Å². The molecular formula is C22H33N5O6S. The maximum absolute atomic E-state index is 13.0. The van der Waals surface area contributed by atoms with Crippen LogP contribution >= 0.6 is 11.8 Å². The summed E-state index contributed by atoms with van der Waals surface area (Å²) in [6.07, 6.45) is 1.84. The number of hydrogen-bond donors (Lipinski definition) is 6. The summed E-state index contributed by atoms with van der Waals surface area (Å²) in [7, 11) is 0. The highest BCUT2D eigenvalue weighted by atomic mass is 32.2. The predicted octanol–water partition coefficient (Wildman–Crippen LogP) is -0.866. The second-order valence-electron chi connectivity index (χ2n) is 7.79. The van der Waals surface area contributed by atoms with E-state index in [1.165, 1.54) is 18.7 Å². The quantitative estimate of drug-likeness (QED) is 0.181. The minimum Gasteiger partial charge on any atom is -0.480 e. The number of benzene rings is 1. The van der Waals surface area contributed by atoms with Crippen LogP contribution < -0.4 is 27.4 Å². The molecule has 4 amide bonds. The molecule has 0 spiro atoms. The summed E-state index contributed by atoms with van der Waals surface area (Å²) in [5, 5.41) is 17.0. The molecule has 0 saturated heterocycles. The van der Waals surface area contributed by atoms with Crippen molar-refractivity contribution in [2.75, 3.05) is 12.0 Å². The Morgan fingerprint density at radius 1 is 0.912 bits per heavy atom. The van der Waals surface area contributed by atoms with E-state index in [0.717, 1.165) is 5.56 Å². The molecule has 0 saturated carbocycles. The van der Waals surface area contributed by atoms with E-state index in [0.29, 0.717) is 5.75 Å². The van der Waals surface area contributed by atoms with Gasteiger partial charge in [0.1, 0.15) is 18.1 Å². The Hall–Kier alpha value is -3.12.